The molecule has 5 heteroatoms. The molecule has 26 heavy (non-hydrogen) atoms. The van der Waals surface area contributed by atoms with E-state index in [4.69, 9.17) is 11.6 Å². The molecule has 0 saturated carbocycles. The number of likely N-dealkylation sites (tertiary alicyclic amines) is 1. The molecule has 0 spiro atoms. The fourth-order valence-electron chi connectivity index (χ4n) is 3.51. The van der Waals surface area contributed by atoms with Gasteiger partial charge < -0.3 is 10.2 Å². The van der Waals surface area contributed by atoms with Crippen molar-refractivity contribution in [3.8, 4) is 0 Å². The molecular formula is C21H23ClN2O2. The van der Waals surface area contributed by atoms with Crippen molar-refractivity contribution in [2.24, 2.45) is 0 Å². The molecule has 4 nitrogen and oxygen atoms in total. The van der Waals surface area contributed by atoms with Crippen LogP contribution in [0.5, 0.6) is 0 Å². The summed E-state index contributed by atoms with van der Waals surface area (Å²) in [6.45, 7) is 4.21. The Balaban J connectivity index is 1.71. The quantitative estimate of drug-likeness (QED) is 0.826. The summed E-state index contributed by atoms with van der Waals surface area (Å²) < 4.78 is 0. The lowest BCUT2D eigenvalue weighted by molar-refractivity contribution is 0.0510. The summed E-state index contributed by atoms with van der Waals surface area (Å²) >= 11 is 6.05. The molecule has 1 fully saturated rings. The maximum absolute atomic E-state index is 12.8. The van der Waals surface area contributed by atoms with Gasteiger partial charge in [0.15, 0.2) is 0 Å². The third-order valence-electron chi connectivity index (χ3n) is 4.94. The number of hydrogen-bond acceptors (Lipinski definition) is 2. The first-order valence-electron chi connectivity index (χ1n) is 8.96. The summed E-state index contributed by atoms with van der Waals surface area (Å²) in [4.78, 5) is 27.1. The van der Waals surface area contributed by atoms with Gasteiger partial charge in [-0.15, -0.1) is 0 Å². The highest BCUT2D eigenvalue weighted by Crippen LogP contribution is 2.25. The van der Waals surface area contributed by atoms with Crippen LogP contribution in [0.3, 0.4) is 0 Å². The van der Waals surface area contributed by atoms with E-state index >= 15 is 0 Å². The van der Waals surface area contributed by atoms with Crippen molar-refractivity contribution in [1.82, 2.24) is 4.90 Å². The lowest BCUT2D eigenvalue weighted by atomic mass is 9.96. The van der Waals surface area contributed by atoms with Crippen molar-refractivity contribution >= 4 is 29.1 Å². The average molecular weight is 371 g/mol. The summed E-state index contributed by atoms with van der Waals surface area (Å²) in [5.74, 6) is -0.221. The fraction of sp³-hybridized carbons (Fsp3) is 0.333. The Morgan fingerprint density at radius 1 is 1.00 bits per heavy atom. The molecule has 136 valence electrons. The number of halogens is 1. The first-order valence-corrected chi connectivity index (χ1v) is 9.34. The van der Waals surface area contributed by atoms with Crippen LogP contribution in [0, 0.1) is 0 Å². The predicted octanol–water partition coefficient (Wildman–Crippen LogP) is 5.00. The third kappa shape index (κ3) is 3.91. The SMILES string of the molecule is C[C@@H]1CCC[C@@H](C)N1C(=O)c1ccc(NC(=O)c2ccccc2Cl)cc1. The Labute approximate surface area is 159 Å². The van der Waals surface area contributed by atoms with Crippen LogP contribution in [0.25, 0.3) is 0 Å². The van der Waals surface area contributed by atoms with Crippen molar-refractivity contribution in [2.75, 3.05) is 5.32 Å². The lowest BCUT2D eigenvalue weighted by Gasteiger charge is -2.39. The number of nitrogens with zero attached hydrogens (tertiary/aromatic N) is 1. The van der Waals surface area contributed by atoms with E-state index in [0.29, 0.717) is 21.8 Å². The highest BCUT2D eigenvalue weighted by Gasteiger charge is 2.29. The molecule has 2 aromatic carbocycles. The standard InChI is InChI=1S/C21H23ClN2O2/c1-14-6-5-7-15(2)24(14)21(26)16-10-12-17(13-11-16)23-20(25)18-8-3-4-9-19(18)22/h3-4,8-15H,5-7H2,1-2H3,(H,23,25)/t14-,15-/m1/s1. The highest BCUT2D eigenvalue weighted by molar-refractivity contribution is 6.34. The van der Waals surface area contributed by atoms with E-state index in [1.54, 1.807) is 48.5 Å². The van der Waals surface area contributed by atoms with Gasteiger partial charge in [-0.3, -0.25) is 9.59 Å². The van der Waals surface area contributed by atoms with Gasteiger partial charge in [-0.1, -0.05) is 23.7 Å². The Morgan fingerprint density at radius 2 is 1.62 bits per heavy atom. The number of amides is 2. The van der Waals surface area contributed by atoms with Gasteiger partial charge >= 0.3 is 0 Å². The van der Waals surface area contributed by atoms with E-state index < -0.39 is 0 Å². The number of nitrogens with one attached hydrogen (secondary N) is 1. The summed E-state index contributed by atoms with van der Waals surface area (Å²) in [7, 11) is 0. The Hall–Kier alpha value is -2.33. The van der Waals surface area contributed by atoms with Crippen LogP contribution in [0.2, 0.25) is 5.02 Å². The molecule has 0 aromatic heterocycles. The summed E-state index contributed by atoms with van der Waals surface area (Å²) in [6, 6.07) is 14.4. The molecular weight excluding hydrogens is 348 g/mol. The van der Waals surface area contributed by atoms with Gasteiger partial charge in [0.1, 0.15) is 0 Å². The van der Waals surface area contributed by atoms with E-state index in [9.17, 15) is 9.59 Å². The Bertz CT molecular complexity index is 794. The second kappa shape index (κ2) is 7.92. The van der Waals surface area contributed by atoms with Gasteiger partial charge in [-0.05, 0) is 69.5 Å². The smallest absolute Gasteiger partial charge is 0.257 e. The monoisotopic (exact) mass is 370 g/mol. The van der Waals surface area contributed by atoms with Gasteiger partial charge in [-0.2, -0.15) is 0 Å². The normalized spacial score (nSPS) is 19.9. The number of anilines is 1. The van der Waals surface area contributed by atoms with Crippen molar-refractivity contribution in [1.29, 1.82) is 0 Å². The maximum atomic E-state index is 12.8. The maximum Gasteiger partial charge on any atom is 0.257 e. The van der Waals surface area contributed by atoms with E-state index in [0.717, 1.165) is 12.8 Å². The van der Waals surface area contributed by atoms with Crippen LogP contribution in [-0.4, -0.2) is 28.8 Å². The molecule has 1 aliphatic heterocycles. The molecule has 3 rings (SSSR count). The molecule has 0 aliphatic carbocycles. The van der Waals surface area contributed by atoms with Crippen molar-refractivity contribution < 1.29 is 9.59 Å². The van der Waals surface area contributed by atoms with E-state index in [-0.39, 0.29) is 23.9 Å². The van der Waals surface area contributed by atoms with Gasteiger partial charge in [0.05, 0.1) is 10.6 Å². The minimum atomic E-state index is -0.270. The third-order valence-corrected chi connectivity index (χ3v) is 5.27. The van der Waals surface area contributed by atoms with Crippen LogP contribution in [0.1, 0.15) is 53.8 Å². The van der Waals surface area contributed by atoms with Crippen LogP contribution >= 0.6 is 11.6 Å². The zero-order chi connectivity index (χ0) is 18.7. The first kappa shape index (κ1) is 18.5. The van der Waals surface area contributed by atoms with Crippen LogP contribution in [0.15, 0.2) is 48.5 Å². The second-order valence-corrected chi connectivity index (χ2v) is 7.26. The molecule has 1 aliphatic rings. The van der Waals surface area contributed by atoms with Gasteiger partial charge in [0.2, 0.25) is 0 Å². The summed E-state index contributed by atoms with van der Waals surface area (Å²) in [5, 5.41) is 3.22. The molecule has 2 atom stereocenters. The van der Waals surface area contributed by atoms with Gasteiger partial charge in [-0.25, -0.2) is 0 Å². The minimum Gasteiger partial charge on any atom is -0.333 e. The van der Waals surface area contributed by atoms with E-state index in [1.807, 2.05) is 4.90 Å². The molecule has 0 unspecified atom stereocenters. The van der Waals surface area contributed by atoms with Crippen LogP contribution in [-0.2, 0) is 0 Å². The van der Waals surface area contributed by atoms with Crippen LogP contribution < -0.4 is 5.32 Å². The number of benzene rings is 2. The molecule has 2 amide bonds. The largest absolute Gasteiger partial charge is 0.333 e. The molecule has 0 bridgehead atoms. The van der Waals surface area contributed by atoms with E-state index in [1.165, 1.54) is 6.42 Å². The average Bonchev–Trinajstić information content (AvgIpc) is 2.62. The Morgan fingerprint density at radius 3 is 2.23 bits per heavy atom. The van der Waals surface area contributed by atoms with Gasteiger partial charge in [0, 0.05) is 23.3 Å². The van der Waals surface area contributed by atoms with Gasteiger partial charge in [0.25, 0.3) is 11.8 Å². The predicted molar refractivity (Wildman–Crippen MR) is 105 cm³/mol. The van der Waals surface area contributed by atoms with E-state index in [2.05, 4.69) is 19.2 Å². The summed E-state index contributed by atoms with van der Waals surface area (Å²) in [6.07, 6.45) is 3.25. The molecule has 2 aromatic rings. The topological polar surface area (TPSA) is 49.4 Å². The number of rotatable bonds is 3. The van der Waals surface area contributed by atoms with Crippen molar-refractivity contribution in [3.05, 3.63) is 64.7 Å². The summed E-state index contributed by atoms with van der Waals surface area (Å²) in [5.41, 5.74) is 1.69. The number of hydrogen-bond donors (Lipinski definition) is 1. The zero-order valence-electron chi connectivity index (χ0n) is 15.0. The molecule has 1 N–H and O–H groups in total. The highest BCUT2D eigenvalue weighted by atomic mass is 35.5. The van der Waals surface area contributed by atoms with Crippen molar-refractivity contribution in [2.45, 2.75) is 45.2 Å². The number of carbonyl (C=O) groups excluding carboxylic acids is 2. The number of piperidine rings is 1. The first-order chi connectivity index (χ1) is 12.5. The molecule has 1 heterocycles. The Kier molecular flexibility index (Phi) is 5.62. The lowest BCUT2D eigenvalue weighted by Crippen LogP contribution is -2.47. The molecule has 0 radical (unpaired) electrons. The fourth-order valence-corrected chi connectivity index (χ4v) is 3.73. The van der Waals surface area contributed by atoms with Crippen LogP contribution in [0.4, 0.5) is 5.69 Å². The second-order valence-electron chi connectivity index (χ2n) is 6.85. The van der Waals surface area contributed by atoms with Crippen molar-refractivity contribution in [3.63, 3.8) is 0 Å². The minimum absolute atomic E-state index is 0.0497. The number of carbonyl (C=O) groups is 2. The zero-order valence-corrected chi connectivity index (χ0v) is 15.8. The molecule has 1 saturated heterocycles.